The summed E-state index contributed by atoms with van der Waals surface area (Å²) in [5.74, 6) is 0.760. The van der Waals surface area contributed by atoms with E-state index < -0.39 is 6.61 Å². The summed E-state index contributed by atoms with van der Waals surface area (Å²) in [5.41, 5.74) is 1.28. The van der Waals surface area contributed by atoms with Crippen LogP contribution in [0.25, 0.3) is 0 Å². The Morgan fingerprint density at radius 1 is 1.10 bits per heavy atom. The fourth-order valence-electron chi connectivity index (χ4n) is 3.82. The van der Waals surface area contributed by atoms with E-state index in [-0.39, 0.29) is 11.8 Å². The zero-order valence-electron chi connectivity index (χ0n) is 18.0. The highest BCUT2D eigenvalue weighted by molar-refractivity contribution is 5.79. The highest BCUT2D eigenvalue weighted by Crippen LogP contribution is 2.15. The van der Waals surface area contributed by atoms with Gasteiger partial charge in [0.2, 0.25) is 11.8 Å². The number of methoxy groups -OCH3 is 1. The highest BCUT2D eigenvalue weighted by Gasteiger charge is 2.23. The molecule has 0 aliphatic carbocycles. The number of aliphatic hydroxyl groups excluding tert-OH is 1. The Morgan fingerprint density at radius 3 is 2.21 bits per heavy atom. The minimum atomic E-state index is -0.463. The van der Waals surface area contributed by atoms with Gasteiger partial charge in [-0.2, -0.15) is 0 Å². The van der Waals surface area contributed by atoms with E-state index >= 15 is 0 Å². The molecular weight excluding hydrogens is 370 g/mol. The first-order valence-electron chi connectivity index (χ1n) is 10.5. The van der Waals surface area contributed by atoms with Crippen LogP contribution in [0.1, 0.15) is 32.3 Å². The third kappa shape index (κ3) is 7.01. The van der Waals surface area contributed by atoms with Gasteiger partial charge in [-0.3, -0.25) is 9.59 Å². The van der Waals surface area contributed by atoms with Crippen molar-refractivity contribution in [2.75, 3.05) is 53.0 Å². The van der Waals surface area contributed by atoms with Crippen molar-refractivity contribution in [1.82, 2.24) is 14.7 Å². The molecular formula is C22H35N3O4. The number of likely N-dealkylation sites (N-methyl/N-ethyl adjacent to an activating group) is 1. The van der Waals surface area contributed by atoms with Crippen LogP contribution in [-0.2, 0) is 16.0 Å². The number of rotatable bonds is 10. The van der Waals surface area contributed by atoms with Crippen LogP contribution >= 0.6 is 0 Å². The number of carbonyl (C=O) groups is 2. The summed E-state index contributed by atoms with van der Waals surface area (Å²) in [4.78, 5) is 29.8. The molecule has 1 fully saturated rings. The van der Waals surface area contributed by atoms with E-state index in [1.807, 2.05) is 17.0 Å². The van der Waals surface area contributed by atoms with Gasteiger partial charge in [-0.15, -0.1) is 0 Å². The van der Waals surface area contributed by atoms with Crippen LogP contribution in [0.4, 0.5) is 0 Å². The standard InChI is InChI=1S/C22H35N3O4/c1-4-23(18(2)16-19-7-9-20(29-3)10-8-19)11-5-6-21(27)24-12-14-25(15-13-24)22(28)17-26/h7-10,18,26H,4-6,11-17H2,1-3H3. The van der Waals surface area contributed by atoms with Crippen LogP contribution in [0.2, 0.25) is 0 Å². The quantitative estimate of drug-likeness (QED) is 0.637. The van der Waals surface area contributed by atoms with E-state index in [0.717, 1.165) is 31.7 Å². The Kier molecular flexibility index (Phi) is 9.41. The van der Waals surface area contributed by atoms with Gasteiger partial charge in [0.25, 0.3) is 0 Å². The van der Waals surface area contributed by atoms with Crippen molar-refractivity contribution in [2.45, 2.75) is 39.2 Å². The van der Waals surface area contributed by atoms with E-state index in [4.69, 9.17) is 9.84 Å². The summed E-state index contributed by atoms with van der Waals surface area (Å²) in [7, 11) is 1.67. The molecule has 1 N–H and O–H groups in total. The molecule has 0 radical (unpaired) electrons. The lowest BCUT2D eigenvalue weighted by Gasteiger charge is -2.34. The molecule has 1 saturated heterocycles. The molecule has 1 unspecified atom stereocenters. The Balaban J connectivity index is 1.72. The van der Waals surface area contributed by atoms with E-state index in [9.17, 15) is 9.59 Å². The molecule has 0 spiro atoms. The van der Waals surface area contributed by atoms with Gasteiger partial charge in [-0.25, -0.2) is 0 Å². The van der Waals surface area contributed by atoms with E-state index in [1.54, 1.807) is 12.0 Å². The van der Waals surface area contributed by atoms with Gasteiger partial charge in [0.1, 0.15) is 12.4 Å². The third-order valence-electron chi connectivity index (χ3n) is 5.68. The van der Waals surface area contributed by atoms with Gasteiger partial charge < -0.3 is 24.5 Å². The van der Waals surface area contributed by atoms with E-state index in [1.165, 1.54) is 5.56 Å². The van der Waals surface area contributed by atoms with Crippen molar-refractivity contribution in [2.24, 2.45) is 0 Å². The zero-order valence-corrected chi connectivity index (χ0v) is 18.0. The summed E-state index contributed by atoms with van der Waals surface area (Å²) < 4.78 is 5.21. The number of benzene rings is 1. The predicted molar refractivity (Wildman–Crippen MR) is 113 cm³/mol. The largest absolute Gasteiger partial charge is 0.497 e. The van der Waals surface area contributed by atoms with Crippen molar-refractivity contribution in [3.05, 3.63) is 29.8 Å². The molecule has 1 aromatic carbocycles. The lowest BCUT2D eigenvalue weighted by Crippen LogP contribution is -2.51. The first-order chi connectivity index (χ1) is 14.0. The number of aliphatic hydroxyl groups is 1. The number of piperazine rings is 1. The summed E-state index contributed by atoms with van der Waals surface area (Å²) in [5, 5.41) is 8.93. The molecule has 7 nitrogen and oxygen atoms in total. The fraction of sp³-hybridized carbons (Fsp3) is 0.636. The Hall–Kier alpha value is -2.12. The molecule has 1 atom stereocenters. The number of amides is 2. The second kappa shape index (κ2) is 11.8. The molecule has 2 amide bonds. The summed E-state index contributed by atoms with van der Waals surface area (Å²) in [6.45, 7) is 7.88. The fourth-order valence-corrected chi connectivity index (χ4v) is 3.82. The Morgan fingerprint density at radius 2 is 1.69 bits per heavy atom. The van der Waals surface area contributed by atoms with E-state index in [0.29, 0.717) is 38.6 Å². The Labute approximate surface area is 174 Å². The first kappa shape index (κ1) is 23.2. The van der Waals surface area contributed by atoms with Crippen molar-refractivity contribution in [3.63, 3.8) is 0 Å². The van der Waals surface area contributed by atoms with Gasteiger partial charge >= 0.3 is 0 Å². The van der Waals surface area contributed by atoms with Crippen LogP contribution in [0.5, 0.6) is 5.75 Å². The van der Waals surface area contributed by atoms with Gasteiger partial charge in [-0.1, -0.05) is 19.1 Å². The lowest BCUT2D eigenvalue weighted by molar-refractivity contribution is -0.141. The monoisotopic (exact) mass is 405 g/mol. The lowest BCUT2D eigenvalue weighted by atomic mass is 10.1. The molecule has 0 saturated carbocycles. The SMILES string of the molecule is CCN(CCCC(=O)N1CCN(C(=O)CO)CC1)C(C)Cc1ccc(OC)cc1. The molecule has 162 valence electrons. The topological polar surface area (TPSA) is 73.3 Å². The van der Waals surface area contributed by atoms with Crippen LogP contribution in [-0.4, -0.2) is 90.6 Å². The van der Waals surface area contributed by atoms with Crippen LogP contribution in [0.3, 0.4) is 0 Å². The van der Waals surface area contributed by atoms with Gasteiger partial charge in [0.15, 0.2) is 0 Å². The summed E-state index contributed by atoms with van der Waals surface area (Å²) in [6.07, 6.45) is 2.32. The second-order valence-corrected chi connectivity index (χ2v) is 7.55. The van der Waals surface area contributed by atoms with E-state index in [2.05, 4.69) is 30.9 Å². The van der Waals surface area contributed by atoms with Crippen LogP contribution < -0.4 is 4.74 Å². The van der Waals surface area contributed by atoms with Crippen LogP contribution in [0, 0.1) is 0 Å². The average molecular weight is 406 g/mol. The molecule has 0 bridgehead atoms. The summed E-state index contributed by atoms with van der Waals surface area (Å²) >= 11 is 0. The highest BCUT2D eigenvalue weighted by atomic mass is 16.5. The normalized spacial score (nSPS) is 15.5. The molecule has 0 aromatic heterocycles. The number of ether oxygens (including phenoxy) is 1. The average Bonchev–Trinajstić information content (AvgIpc) is 2.76. The number of nitrogens with zero attached hydrogens (tertiary/aromatic N) is 3. The summed E-state index contributed by atoms with van der Waals surface area (Å²) in [6, 6.07) is 8.59. The van der Waals surface area contributed by atoms with Crippen molar-refractivity contribution in [1.29, 1.82) is 0 Å². The van der Waals surface area contributed by atoms with Gasteiger partial charge in [0.05, 0.1) is 7.11 Å². The molecule has 7 heteroatoms. The third-order valence-corrected chi connectivity index (χ3v) is 5.68. The minimum Gasteiger partial charge on any atom is -0.497 e. The van der Waals surface area contributed by atoms with Crippen molar-refractivity contribution >= 4 is 11.8 Å². The van der Waals surface area contributed by atoms with Crippen LogP contribution in [0.15, 0.2) is 24.3 Å². The Bertz CT molecular complexity index is 642. The number of hydrogen-bond acceptors (Lipinski definition) is 5. The molecule has 1 aliphatic rings. The predicted octanol–water partition coefficient (Wildman–Crippen LogP) is 1.39. The molecule has 1 aliphatic heterocycles. The maximum atomic E-state index is 12.5. The van der Waals surface area contributed by atoms with Gasteiger partial charge in [-0.05, 0) is 50.6 Å². The van der Waals surface area contributed by atoms with Crippen molar-refractivity contribution in [3.8, 4) is 5.75 Å². The smallest absolute Gasteiger partial charge is 0.248 e. The molecule has 1 heterocycles. The van der Waals surface area contributed by atoms with Crippen molar-refractivity contribution < 1.29 is 19.4 Å². The molecule has 2 rings (SSSR count). The number of hydrogen-bond donors (Lipinski definition) is 1. The first-order valence-corrected chi connectivity index (χ1v) is 10.5. The van der Waals surface area contributed by atoms with Gasteiger partial charge in [0, 0.05) is 38.6 Å². The zero-order chi connectivity index (χ0) is 21.2. The second-order valence-electron chi connectivity index (χ2n) is 7.55. The molecule has 1 aromatic rings. The minimum absolute atomic E-state index is 0.153. The molecule has 29 heavy (non-hydrogen) atoms. The maximum Gasteiger partial charge on any atom is 0.248 e. The number of carbonyl (C=O) groups excluding carboxylic acids is 2. The maximum absolute atomic E-state index is 12.5.